The summed E-state index contributed by atoms with van der Waals surface area (Å²) in [6, 6.07) is 7.61. The molecule has 0 atom stereocenters. The fraction of sp³-hybridized carbons (Fsp3) is 0.500. The molecular weight excluding hydrogens is 258 g/mol. The van der Waals surface area contributed by atoms with Crippen molar-refractivity contribution in [3.8, 4) is 0 Å². The topological polar surface area (TPSA) is 62.8 Å². The van der Waals surface area contributed by atoms with Crippen LogP contribution in [0.2, 0.25) is 0 Å². The first-order chi connectivity index (χ1) is 9.79. The number of methoxy groups -OCH3 is 1. The molecule has 6 nitrogen and oxygen atoms in total. The molecule has 2 N–H and O–H groups in total. The van der Waals surface area contributed by atoms with Crippen LogP contribution in [-0.4, -0.2) is 52.6 Å². The average molecular weight is 279 g/mol. The lowest BCUT2D eigenvalue weighted by Gasteiger charge is -2.29. The van der Waals surface area contributed by atoms with Crippen molar-refractivity contribution in [3.05, 3.63) is 24.3 Å². The first-order valence-corrected chi connectivity index (χ1v) is 6.76. The molecule has 0 unspecified atom stereocenters. The highest BCUT2D eigenvalue weighted by atomic mass is 16.5. The number of hydrogen-bond donors (Lipinski definition) is 2. The smallest absolute Gasteiger partial charge is 0.319 e. The fourth-order valence-electron chi connectivity index (χ4n) is 2.04. The van der Waals surface area contributed by atoms with Crippen LogP contribution in [0, 0.1) is 0 Å². The maximum Gasteiger partial charge on any atom is 0.319 e. The standard InChI is InChI=1S/C14H21N3O3/c1-19-8-5-15-14(18)16-12-3-2-4-13(11-12)17-6-9-20-10-7-17/h2-4,11H,5-10H2,1H3,(H2,15,16,18). The minimum atomic E-state index is -0.221. The first-order valence-electron chi connectivity index (χ1n) is 6.76. The molecule has 1 saturated heterocycles. The van der Waals surface area contributed by atoms with Gasteiger partial charge in [-0.3, -0.25) is 0 Å². The summed E-state index contributed by atoms with van der Waals surface area (Å²) in [5.41, 5.74) is 1.88. The lowest BCUT2D eigenvalue weighted by molar-refractivity contribution is 0.122. The molecule has 1 fully saturated rings. The maximum atomic E-state index is 11.7. The van der Waals surface area contributed by atoms with E-state index in [0.717, 1.165) is 37.7 Å². The number of ether oxygens (including phenoxy) is 2. The molecule has 110 valence electrons. The van der Waals surface area contributed by atoms with E-state index >= 15 is 0 Å². The van der Waals surface area contributed by atoms with E-state index in [1.807, 2.05) is 24.3 Å². The summed E-state index contributed by atoms with van der Waals surface area (Å²) >= 11 is 0. The van der Waals surface area contributed by atoms with Crippen molar-refractivity contribution >= 4 is 17.4 Å². The van der Waals surface area contributed by atoms with Gasteiger partial charge in [0.25, 0.3) is 0 Å². The molecule has 2 amide bonds. The Balaban J connectivity index is 1.90. The first kappa shape index (κ1) is 14.6. The zero-order valence-corrected chi connectivity index (χ0v) is 11.7. The number of amides is 2. The number of nitrogens with one attached hydrogen (secondary N) is 2. The summed E-state index contributed by atoms with van der Waals surface area (Å²) < 4.78 is 10.2. The molecule has 1 heterocycles. The molecule has 1 aromatic rings. The summed E-state index contributed by atoms with van der Waals surface area (Å²) in [6.45, 7) is 4.24. The molecule has 6 heteroatoms. The highest BCUT2D eigenvalue weighted by Gasteiger charge is 2.11. The molecule has 1 aromatic carbocycles. The zero-order chi connectivity index (χ0) is 14.2. The monoisotopic (exact) mass is 279 g/mol. The predicted molar refractivity (Wildman–Crippen MR) is 78.4 cm³/mol. The third-order valence-electron chi connectivity index (χ3n) is 3.07. The largest absolute Gasteiger partial charge is 0.383 e. The van der Waals surface area contributed by atoms with E-state index in [4.69, 9.17) is 9.47 Å². The predicted octanol–water partition coefficient (Wildman–Crippen LogP) is 1.29. The number of carbonyl (C=O) groups is 1. The average Bonchev–Trinajstić information content (AvgIpc) is 2.49. The normalized spacial score (nSPS) is 14.9. The summed E-state index contributed by atoms with van der Waals surface area (Å²) in [6.07, 6.45) is 0. The van der Waals surface area contributed by atoms with E-state index < -0.39 is 0 Å². The Morgan fingerprint density at radius 3 is 2.95 bits per heavy atom. The molecule has 0 aliphatic carbocycles. The quantitative estimate of drug-likeness (QED) is 0.797. The van der Waals surface area contributed by atoms with E-state index in [1.54, 1.807) is 7.11 Å². The molecule has 0 radical (unpaired) electrons. The van der Waals surface area contributed by atoms with E-state index in [1.165, 1.54) is 0 Å². The molecule has 1 aliphatic heterocycles. The number of morpholine rings is 1. The Morgan fingerprint density at radius 2 is 2.20 bits per heavy atom. The van der Waals surface area contributed by atoms with Crippen LogP contribution >= 0.6 is 0 Å². The van der Waals surface area contributed by atoms with Crippen LogP contribution in [0.1, 0.15) is 0 Å². The summed E-state index contributed by atoms with van der Waals surface area (Å²) in [7, 11) is 1.60. The second-order valence-electron chi connectivity index (χ2n) is 4.52. The Labute approximate surface area is 119 Å². The van der Waals surface area contributed by atoms with Gasteiger partial charge in [0.15, 0.2) is 0 Å². The third-order valence-corrected chi connectivity index (χ3v) is 3.07. The van der Waals surface area contributed by atoms with Gasteiger partial charge in [0.2, 0.25) is 0 Å². The van der Waals surface area contributed by atoms with Gasteiger partial charge < -0.3 is 25.0 Å². The highest BCUT2D eigenvalue weighted by molar-refractivity contribution is 5.89. The lowest BCUT2D eigenvalue weighted by atomic mass is 10.2. The van der Waals surface area contributed by atoms with E-state index in [-0.39, 0.29) is 6.03 Å². The molecule has 20 heavy (non-hydrogen) atoms. The number of nitrogens with zero attached hydrogens (tertiary/aromatic N) is 1. The summed E-state index contributed by atoms with van der Waals surface area (Å²) in [5, 5.41) is 5.54. The maximum absolute atomic E-state index is 11.7. The SMILES string of the molecule is COCCNC(=O)Nc1cccc(N2CCOCC2)c1. The van der Waals surface area contributed by atoms with Crippen molar-refractivity contribution in [1.82, 2.24) is 5.32 Å². The van der Waals surface area contributed by atoms with Gasteiger partial charge in [0, 0.05) is 38.1 Å². The number of urea groups is 1. The van der Waals surface area contributed by atoms with Crippen molar-refractivity contribution in [3.63, 3.8) is 0 Å². The van der Waals surface area contributed by atoms with Gasteiger partial charge in [-0.2, -0.15) is 0 Å². The van der Waals surface area contributed by atoms with Crippen molar-refractivity contribution in [2.45, 2.75) is 0 Å². The van der Waals surface area contributed by atoms with Gasteiger partial charge in [-0.1, -0.05) is 6.07 Å². The number of benzene rings is 1. The van der Waals surface area contributed by atoms with E-state index in [9.17, 15) is 4.79 Å². The van der Waals surface area contributed by atoms with Crippen LogP contribution in [0.25, 0.3) is 0 Å². The van der Waals surface area contributed by atoms with E-state index in [2.05, 4.69) is 15.5 Å². The van der Waals surface area contributed by atoms with Crippen LogP contribution in [0.5, 0.6) is 0 Å². The number of hydrogen-bond acceptors (Lipinski definition) is 4. The molecule has 1 aliphatic rings. The van der Waals surface area contributed by atoms with Gasteiger partial charge in [-0.05, 0) is 18.2 Å². The fourth-order valence-corrected chi connectivity index (χ4v) is 2.04. The molecule has 0 bridgehead atoms. The Kier molecular flexibility index (Phi) is 5.64. The summed E-state index contributed by atoms with van der Waals surface area (Å²) in [5.74, 6) is 0. The van der Waals surface area contributed by atoms with Crippen molar-refractivity contribution < 1.29 is 14.3 Å². The van der Waals surface area contributed by atoms with Crippen molar-refractivity contribution in [1.29, 1.82) is 0 Å². The molecular formula is C14H21N3O3. The van der Waals surface area contributed by atoms with Crippen LogP contribution in [-0.2, 0) is 9.47 Å². The van der Waals surface area contributed by atoms with Crippen molar-refractivity contribution in [2.24, 2.45) is 0 Å². The second kappa shape index (κ2) is 7.72. The Morgan fingerprint density at radius 1 is 1.40 bits per heavy atom. The second-order valence-corrected chi connectivity index (χ2v) is 4.52. The minimum absolute atomic E-state index is 0.221. The van der Waals surface area contributed by atoms with Crippen LogP contribution in [0.3, 0.4) is 0 Å². The van der Waals surface area contributed by atoms with Gasteiger partial charge in [-0.15, -0.1) is 0 Å². The Hall–Kier alpha value is -1.79. The molecule has 0 saturated carbocycles. The number of rotatable bonds is 5. The van der Waals surface area contributed by atoms with E-state index in [0.29, 0.717) is 13.2 Å². The molecule has 0 spiro atoms. The summed E-state index contributed by atoms with van der Waals surface area (Å²) in [4.78, 5) is 13.9. The van der Waals surface area contributed by atoms with Gasteiger partial charge in [0.05, 0.1) is 19.8 Å². The Bertz CT molecular complexity index is 433. The molecule has 2 rings (SSSR count). The number of anilines is 2. The zero-order valence-electron chi connectivity index (χ0n) is 11.7. The molecule has 0 aromatic heterocycles. The van der Waals surface area contributed by atoms with Gasteiger partial charge >= 0.3 is 6.03 Å². The van der Waals surface area contributed by atoms with Crippen LogP contribution in [0.15, 0.2) is 24.3 Å². The van der Waals surface area contributed by atoms with Gasteiger partial charge in [-0.25, -0.2) is 4.79 Å². The highest BCUT2D eigenvalue weighted by Crippen LogP contribution is 2.20. The third kappa shape index (κ3) is 4.40. The van der Waals surface area contributed by atoms with Gasteiger partial charge in [0.1, 0.15) is 0 Å². The minimum Gasteiger partial charge on any atom is -0.383 e. The van der Waals surface area contributed by atoms with Crippen molar-refractivity contribution in [2.75, 3.05) is 56.8 Å². The lowest BCUT2D eigenvalue weighted by Crippen LogP contribution is -2.36. The van der Waals surface area contributed by atoms with Crippen LogP contribution in [0.4, 0.5) is 16.2 Å². The van der Waals surface area contributed by atoms with Crippen LogP contribution < -0.4 is 15.5 Å². The number of carbonyl (C=O) groups excluding carboxylic acids is 1.